The number of benzene rings is 2. The van der Waals surface area contributed by atoms with E-state index in [-0.39, 0.29) is 0 Å². The standard InChI is InChI=1S/C21H22ClN3O5/c1-11-18(20(26)24-15-9-12(22)5-7-17(15)30-4)19(25-21(27)23-11)14-10-13(28-2)6-8-16(14)29-3/h5-10,19H,1-4H3,(H,24,26)(H2,23,25,27)/t19-/m1/s1. The van der Waals surface area contributed by atoms with Gasteiger partial charge in [-0.05, 0) is 43.3 Å². The third-order valence-corrected chi connectivity index (χ3v) is 4.91. The Hall–Kier alpha value is -3.39. The van der Waals surface area contributed by atoms with Gasteiger partial charge < -0.3 is 30.2 Å². The molecule has 30 heavy (non-hydrogen) atoms. The van der Waals surface area contributed by atoms with Gasteiger partial charge in [-0.1, -0.05) is 11.6 Å². The molecule has 8 nitrogen and oxygen atoms in total. The Morgan fingerprint density at radius 1 is 1.03 bits per heavy atom. The van der Waals surface area contributed by atoms with E-state index in [1.54, 1.807) is 43.3 Å². The quantitative estimate of drug-likeness (QED) is 0.648. The maximum absolute atomic E-state index is 13.3. The lowest BCUT2D eigenvalue weighted by Crippen LogP contribution is -2.46. The summed E-state index contributed by atoms with van der Waals surface area (Å²) in [7, 11) is 4.55. The molecule has 3 rings (SSSR count). The van der Waals surface area contributed by atoms with Crippen molar-refractivity contribution >= 4 is 29.2 Å². The molecule has 3 N–H and O–H groups in total. The van der Waals surface area contributed by atoms with Gasteiger partial charge in [-0.2, -0.15) is 0 Å². The first-order chi connectivity index (χ1) is 14.4. The van der Waals surface area contributed by atoms with Crippen LogP contribution in [0, 0.1) is 0 Å². The highest BCUT2D eigenvalue weighted by Gasteiger charge is 2.33. The van der Waals surface area contributed by atoms with Gasteiger partial charge in [-0.3, -0.25) is 4.79 Å². The molecule has 0 bridgehead atoms. The molecule has 0 radical (unpaired) electrons. The monoisotopic (exact) mass is 431 g/mol. The Bertz CT molecular complexity index is 1020. The lowest BCUT2D eigenvalue weighted by atomic mass is 9.93. The lowest BCUT2D eigenvalue weighted by molar-refractivity contribution is -0.113. The number of carbonyl (C=O) groups excluding carboxylic acids is 2. The minimum atomic E-state index is -0.769. The van der Waals surface area contributed by atoms with Crippen LogP contribution in [0.3, 0.4) is 0 Å². The molecular formula is C21H22ClN3O5. The van der Waals surface area contributed by atoms with E-state index in [1.165, 1.54) is 21.3 Å². The van der Waals surface area contributed by atoms with Crippen molar-refractivity contribution in [3.63, 3.8) is 0 Å². The van der Waals surface area contributed by atoms with Crippen molar-refractivity contribution < 1.29 is 23.8 Å². The molecule has 0 fully saturated rings. The van der Waals surface area contributed by atoms with Crippen molar-refractivity contribution in [3.8, 4) is 17.2 Å². The number of methoxy groups -OCH3 is 3. The highest BCUT2D eigenvalue weighted by atomic mass is 35.5. The predicted molar refractivity (Wildman–Crippen MR) is 113 cm³/mol. The molecule has 1 atom stereocenters. The Kier molecular flexibility index (Phi) is 6.37. The topological polar surface area (TPSA) is 97.9 Å². The Labute approximate surface area is 179 Å². The van der Waals surface area contributed by atoms with E-state index in [2.05, 4.69) is 16.0 Å². The van der Waals surface area contributed by atoms with Gasteiger partial charge in [0.2, 0.25) is 0 Å². The molecule has 0 saturated heterocycles. The zero-order chi connectivity index (χ0) is 21.8. The van der Waals surface area contributed by atoms with E-state index < -0.39 is 18.0 Å². The summed E-state index contributed by atoms with van der Waals surface area (Å²) < 4.78 is 16.0. The van der Waals surface area contributed by atoms with Crippen molar-refractivity contribution in [1.29, 1.82) is 0 Å². The van der Waals surface area contributed by atoms with Crippen LogP contribution in [0.5, 0.6) is 17.2 Å². The molecule has 0 aromatic heterocycles. The van der Waals surface area contributed by atoms with Crippen molar-refractivity contribution in [3.05, 3.63) is 58.3 Å². The Balaban J connectivity index is 2.05. The van der Waals surface area contributed by atoms with Crippen LogP contribution >= 0.6 is 11.6 Å². The van der Waals surface area contributed by atoms with Crippen LogP contribution in [0.4, 0.5) is 10.5 Å². The first kappa shape index (κ1) is 21.3. The molecule has 2 aromatic rings. The summed E-state index contributed by atoms with van der Waals surface area (Å²) in [6.45, 7) is 1.66. The second-order valence-corrected chi connectivity index (χ2v) is 6.91. The van der Waals surface area contributed by atoms with E-state index >= 15 is 0 Å². The average molecular weight is 432 g/mol. The van der Waals surface area contributed by atoms with Gasteiger partial charge >= 0.3 is 6.03 Å². The van der Waals surface area contributed by atoms with Crippen LogP contribution in [-0.4, -0.2) is 33.3 Å². The second kappa shape index (κ2) is 8.96. The number of nitrogens with one attached hydrogen (secondary N) is 3. The van der Waals surface area contributed by atoms with E-state index in [0.717, 1.165) is 0 Å². The summed E-state index contributed by atoms with van der Waals surface area (Å²) in [5, 5.41) is 8.68. The lowest BCUT2D eigenvalue weighted by Gasteiger charge is -2.30. The van der Waals surface area contributed by atoms with Crippen LogP contribution in [0.2, 0.25) is 5.02 Å². The molecule has 158 valence electrons. The number of halogens is 1. The van der Waals surface area contributed by atoms with Crippen molar-refractivity contribution in [2.45, 2.75) is 13.0 Å². The number of carbonyl (C=O) groups is 2. The number of urea groups is 1. The summed E-state index contributed by atoms with van der Waals surface area (Å²) in [5.41, 5.74) is 1.70. The highest BCUT2D eigenvalue weighted by molar-refractivity contribution is 6.31. The third-order valence-electron chi connectivity index (χ3n) is 4.67. The fourth-order valence-electron chi connectivity index (χ4n) is 3.26. The largest absolute Gasteiger partial charge is 0.497 e. The van der Waals surface area contributed by atoms with Crippen molar-refractivity contribution in [2.24, 2.45) is 0 Å². The Morgan fingerprint density at radius 3 is 2.40 bits per heavy atom. The van der Waals surface area contributed by atoms with Crippen molar-refractivity contribution in [2.75, 3.05) is 26.6 Å². The van der Waals surface area contributed by atoms with Crippen molar-refractivity contribution in [1.82, 2.24) is 10.6 Å². The van der Waals surface area contributed by atoms with Gasteiger partial charge in [-0.25, -0.2) is 4.79 Å². The van der Waals surface area contributed by atoms with Gasteiger partial charge in [0.25, 0.3) is 5.91 Å². The molecule has 1 aliphatic heterocycles. The normalized spacial score (nSPS) is 15.8. The average Bonchev–Trinajstić information content (AvgIpc) is 2.72. The minimum absolute atomic E-state index is 0.309. The summed E-state index contributed by atoms with van der Waals surface area (Å²) in [6, 6.07) is 8.87. The van der Waals surface area contributed by atoms with Gasteiger partial charge in [0.1, 0.15) is 17.2 Å². The molecule has 9 heteroatoms. The van der Waals surface area contributed by atoms with Gasteiger partial charge in [-0.15, -0.1) is 0 Å². The third kappa shape index (κ3) is 4.28. The van der Waals surface area contributed by atoms with E-state index in [4.69, 9.17) is 25.8 Å². The highest BCUT2D eigenvalue weighted by Crippen LogP contribution is 2.36. The summed E-state index contributed by atoms with van der Waals surface area (Å²) in [4.78, 5) is 25.5. The maximum Gasteiger partial charge on any atom is 0.319 e. The summed E-state index contributed by atoms with van der Waals surface area (Å²) in [5.74, 6) is 1.08. The van der Waals surface area contributed by atoms with E-state index in [9.17, 15) is 9.59 Å². The molecule has 3 amide bonds. The van der Waals surface area contributed by atoms with Gasteiger partial charge in [0.15, 0.2) is 0 Å². The molecule has 0 spiro atoms. The molecule has 0 saturated carbocycles. The molecular weight excluding hydrogens is 410 g/mol. The van der Waals surface area contributed by atoms with Crippen LogP contribution < -0.4 is 30.2 Å². The first-order valence-electron chi connectivity index (χ1n) is 9.03. The van der Waals surface area contributed by atoms with E-state index in [0.29, 0.717) is 44.8 Å². The van der Waals surface area contributed by atoms with Crippen LogP contribution in [0.25, 0.3) is 0 Å². The Morgan fingerprint density at radius 2 is 1.73 bits per heavy atom. The second-order valence-electron chi connectivity index (χ2n) is 6.48. The summed E-state index contributed by atoms with van der Waals surface area (Å²) in [6.07, 6.45) is 0. The zero-order valence-corrected chi connectivity index (χ0v) is 17.7. The van der Waals surface area contributed by atoms with Crippen LogP contribution in [0.1, 0.15) is 18.5 Å². The maximum atomic E-state index is 13.3. The van der Waals surface area contributed by atoms with Gasteiger partial charge in [0.05, 0.1) is 38.6 Å². The number of amides is 3. The molecule has 2 aromatic carbocycles. The molecule has 0 aliphatic carbocycles. The molecule has 1 heterocycles. The molecule has 1 aliphatic rings. The number of ether oxygens (including phenoxy) is 3. The predicted octanol–water partition coefficient (Wildman–Crippen LogP) is 3.63. The number of allylic oxidation sites excluding steroid dienone is 1. The number of hydrogen-bond acceptors (Lipinski definition) is 5. The minimum Gasteiger partial charge on any atom is -0.497 e. The smallest absolute Gasteiger partial charge is 0.319 e. The van der Waals surface area contributed by atoms with E-state index in [1.807, 2.05) is 0 Å². The zero-order valence-electron chi connectivity index (χ0n) is 17.0. The van der Waals surface area contributed by atoms with Gasteiger partial charge in [0, 0.05) is 16.3 Å². The SMILES string of the molecule is COc1ccc(OC)c([C@H]2NC(=O)NC(C)=C2C(=O)Nc2cc(Cl)ccc2OC)c1. The fourth-order valence-corrected chi connectivity index (χ4v) is 3.43. The van der Waals surface area contributed by atoms with Crippen LogP contribution in [-0.2, 0) is 4.79 Å². The molecule has 0 unspecified atom stereocenters. The fraction of sp³-hybridized carbons (Fsp3) is 0.238. The number of anilines is 1. The summed E-state index contributed by atoms with van der Waals surface area (Å²) >= 11 is 6.07. The first-order valence-corrected chi connectivity index (χ1v) is 9.40. The number of rotatable bonds is 6. The van der Waals surface area contributed by atoms with Crippen LogP contribution in [0.15, 0.2) is 47.7 Å². The number of hydrogen-bond donors (Lipinski definition) is 3.